The van der Waals surface area contributed by atoms with Crippen molar-refractivity contribution >= 4 is 26.8 Å². The molecule has 1 aliphatic heterocycles. The zero-order chi connectivity index (χ0) is 18.1. The molecule has 0 aliphatic carbocycles. The minimum atomic E-state index is 0.277. The lowest BCUT2D eigenvalue weighted by molar-refractivity contribution is 0.115. The van der Waals surface area contributed by atoms with Crippen molar-refractivity contribution in [3.63, 3.8) is 0 Å². The van der Waals surface area contributed by atoms with Crippen LogP contribution in [0.2, 0.25) is 0 Å². The first-order valence-corrected chi connectivity index (χ1v) is 9.75. The fourth-order valence-corrected chi connectivity index (χ4v) is 4.45. The normalized spacial score (nSPS) is 17.1. The minimum Gasteiger partial charge on any atom is -0.497 e. The Morgan fingerprint density at radius 3 is 2.81 bits per heavy atom. The summed E-state index contributed by atoms with van der Waals surface area (Å²) in [5.74, 6) is 0.876. The molecular weight excluding hydrogens is 348 g/mol. The van der Waals surface area contributed by atoms with Crippen LogP contribution in [0.1, 0.15) is 24.1 Å². The zero-order valence-electron chi connectivity index (χ0n) is 15.4. The maximum atomic E-state index is 5.88. The van der Waals surface area contributed by atoms with Crippen molar-refractivity contribution in [3.05, 3.63) is 35.5 Å². The molecule has 1 aromatic carbocycles. The van der Waals surface area contributed by atoms with Gasteiger partial charge in [-0.3, -0.25) is 0 Å². The number of methoxy groups -OCH3 is 1. The second-order valence-electron chi connectivity index (χ2n) is 6.72. The van der Waals surface area contributed by atoms with Crippen molar-refractivity contribution < 1.29 is 9.47 Å². The van der Waals surface area contributed by atoms with Gasteiger partial charge in [0, 0.05) is 26.7 Å². The summed E-state index contributed by atoms with van der Waals surface area (Å²) in [5.41, 5.74) is 3.22. The molecule has 0 bridgehead atoms. The molecule has 1 saturated heterocycles. The predicted octanol–water partition coefficient (Wildman–Crippen LogP) is 3.53. The summed E-state index contributed by atoms with van der Waals surface area (Å²) in [6.07, 6.45) is 2.54. The average molecular weight is 372 g/mol. The Bertz CT molecular complexity index is 846. The highest BCUT2D eigenvalue weighted by Crippen LogP contribution is 2.32. The largest absolute Gasteiger partial charge is 0.497 e. The van der Waals surface area contributed by atoms with E-state index >= 15 is 0 Å². The minimum absolute atomic E-state index is 0.277. The highest BCUT2D eigenvalue weighted by molar-refractivity contribution is 7.22. The van der Waals surface area contributed by atoms with Gasteiger partial charge in [-0.1, -0.05) is 23.5 Å². The average Bonchev–Trinajstić information content (AvgIpc) is 3.35. The number of rotatable bonds is 6. The third-order valence-corrected chi connectivity index (χ3v) is 6.00. The molecule has 1 aliphatic rings. The SMILES string of the molecule is COc1ccc(CN(C[C@@H]2CCCO2)c2nc3c(s2)c(C)nn3C)cc1. The third kappa shape index (κ3) is 3.41. The van der Waals surface area contributed by atoms with E-state index in [2.05, 4.69) is 22.1 Å². The Labute approximate surface area is 157 Å². The molecule has 0 amide bonds. The molecule has 3 aromatic rings. The lowest BCUT2D eigenvalue weighted by Crippen LogP contribution is -2.31. The highest BCUT2D eigenvalue weighted by Gasteiger charge is 2.23. The number of aryl methyl sites for hydroxylation is 2. The lowest BCUT2D eigenvalue weighted by atomic mass is 10.2. The van der Waals surface area contributed by atoms with Crippen LogP contribution in [0.3, 0.4) is 0 Å². The number of aromatic nitrogens is 3. The summed E-state index contributed by atoms with van der Waals surface area (Å²) in [4.78, 5) is 7.21. The van der Waals surface area contributed by atoms with E-state index in [1.54, 1.807) is 18.4 Å². The van der Waals surface area contributed by atoms with Crippen LogP contribution < -0.4 is 9.64 Å². The molecule has 0 unspecified atom stereocenters. The lowest BCUT2D eigenvalue weighted by Gasteiger charge is -2.25. The van der Waals surface area contributed by atoms with E-state index in [4.69, 9.17) is 14.5 Å². The molecule has 0 radical (unpaired) electrons. The number of hydrogen-bond acceptors (Lipinski definition) is 6. The molecule has 26 heavy (non-hydrogen) atoms. The van der Waals surface area contributed by atoms with E-state index in [-0.39, 0.29) is 6.10 Å². The van der Waals surface area contributed by atoms with Crippen LogP contribution in [-0.2, 0) is 18.3 Å². The molecule has 4 rings (SSSR count). The van der Waals surface area contributed by atoms with Crippen molar-refractivity contribution in [3.8, 4) is 5.75 Å². The van der Waals surface area contributed by atoms with Crippen LogP contribution in [0.5, 0.6) is 5.75 Å². The third-order valence-electron chi connectivity index (χ3n) is 4.78. The first kappa shape index (κ1) is 17.3. The van der Waals surface area contributed by atoms with Gasteiger partial charge in [-0.2, -0.15) is 5.10 Å². The highest BCUT2D eigenvalue weighted by atomic mass is 32.1. The Balaban J connectivity index is 1.62. The van der Waals surface area contributed by atoms with Crippen molar-refractivity contribution in [2.75, 3.05) is 25.2 Å². The van der Waals surface area contributed by atoms with Crippen molar-refractivity contribution in [1.82, 2.24) is 14.8 Å². The van der Waals surface area contributed by atoms with Crippen molar-refractivity contribution in [2.45, 2.75) is 32.4 Å². The Morgan fingerprint density at radius 1 is 1.35 bits per heavy atom. The first-order valence-electron chi connectivity index (χ1n) is 8.93. The molecule has 138 valence electrons. The number of ether oxygens (including phenoxy) is 2. The molecule has 0 spiro atoms. The molecule has 1 atom stereocenters. The summed E-state index contributed by atoms with van der Waals surface area (Å²) in [6, 6.07) is 8.24. The van der Waals surface area contributed by atoms with E-state index < -0.39 is 0 Å². The number of nitrogens with zero attached hydrogens (tertiary/aromatic N) is 4. The van der Waals surface area contributed by atoms with Gasteiger partial charge in [0.25, 0.3) is 0 Å². The molecule has 1 fully saturated rings. The van der Waals surface area contributed by atoms with Crippen LogP contribution in [0.15, 0.2) is 24.3 Å². The molecular formula is C19H24N4O2S. The number of hydrogen-bond donors (Lipinski definition) is 0. The Morgan fingerprint density at radius 2 is 2.15 bits per heavy atom. The van der Waals surface area contributed by atoms with Gasteiger partial charge in [0.1, 0.15) is 5.75 Å². The van der Waals surface area contributed by atoms with Gasteiger partial charge < -0.3 is 14.4 Å². The van der Waals surface area contributed by atoms with Crippen LogP contribution in [0, 0.1) is 6.92 Å². The fourth-order valence-electron chi connectivity index (χ4n) is 3.40. The molecule has 6 nitrogen and oxygen atoms in total. The summed E-state index contributed by atoms with van der Waals surface area (Å²) >= 11 is 1.71. The Kier molecular flexibility index (Phi) is 4.82. The first-order chi connectivity index (χ1) is 12.6. The molecule has 3 heterocycles. The van der Waals surface area contributed by atoms with E-state index in [1.165, 1.54) is 5.56 Å². The van der Waals surface area contributed by atoms with Gasteiger partial charge in [0.05, 0.1) is 23.6 Å². The number of fused-ring (bicyclic) bond motifs is 1. The number of thiazole rings is 1. The van der Waals surface area contributed by atoms with E-state index in [9.17, 15) is 0 Å². The van der Waals surface area contributed by atoms with E-state index in [0.717, 1.165) is 59.5 Å². The quantitative estimate of drug-likeness (QED) is 0.662. The zero-order valence-corrected chi connectivity index (χ0v) is 16.3. The van der Waals surface area contributed by atoms with Gasteiger partial charge in [0.15, 0.2) is 10.8 Å². The van der Waals surface area contributed by atoms with Crippen molar-refractivity contribution in [2.24, 2.45) is 7.05 Å². The van der Waals surface area contributed by atoms with Gasteiger partial charge >= 0.3 is 0 Å². The Hall–Kier alpha value is -2.12. The van der Waals surface area contributed by atoms with Gasteiger partial charge in [-0.25, -0.2) is 9.67 Å². The van der Waals surface area contributed by atoms with Gasteiger partial charge in [0.2, 0.25) is 0 Å². The monoisotopic (exact) mass is 372 g/mol. The second kappa shape index (κ2) is 7.25. The van der Waals surface area contributed by atoms with Crippen LogP contribution in [0.4, 0.5) is 5.13 Å². The van der Waals surface area contributed by atoms with E-state index in [0.29, 0.717) is 0 Å². The summed E-state index contributed by atoms with van der Waals surface area (Å²) in [6.45, 7) is 4.57. The maximum absolute atomic E-state index is 5.88. The topological polar surface area (TPSA) is 52.4 Å². The van der Waals surface area contributed by atoms with E-state index in [1.807, 2.05) is 30.8 Å². The van der Waals surface area contributed by atoms with Gasteiger partial charge in [-0.05, 0) is 37.5 Å². The van der Waals surface area contributed by atoms with Gasteiger partial charge in [-0.15, -0.1) is 0 Å². The fraction of sp³-hybridized carbons (Fsp3) is 0.474. The van der Waals surface area contributed by atoms with Crippen LogP contribution >= 0.6 is 11.3 Å². The second-order valence-corrected chi connectivity index (χ2v) is 7.70. The summed E-state index contributed by atoms with van der Waals surface area (Å²) in [7, 11) is 3.64. The number of anilines is 1. The smallest absolute Gasteiger partial charge is 0.188 e. The molecule has 2 aromatic heterocycles. The predicted molar refractivity (Wildman–Crippen MR) is 104 cm³/mol. The molecule has 0 N–H and O–H groups in total. The number of benzene rings is 1. The summed E-state index contributed by atoms with van der Waals surface area (Å²) < 4.78 is 14.2. The standard InChI is InChI=1S/C19H24N4O2S/c1-13-17-18(22(2)21-13)20-19(26-17)23(12-16-5-4-10-25-16)11-14-6-8-15(24-3)9-7-14/h6-9,16H,4-5,10-12H2,1-3H3/t16-/m0/s1. The molecule has 0 saturated carbocycles. The summed E-state index contributed by atoms with van der Waals surface area (Å²) in [5, 5.41) is 5.49. The van der Waals surface area contributed by atoms with Crippen LogP contribution in [0.25, 0.3) is 10.3 Å². The maximum Gasteiger partial charge on any atom is 0.188 e. The van der Waals surface area contributed by atoms with Crippen LogP contribution in [-0.4, -0.2) is 41.1 Å². The molecule has 7 heteroatoms. The van der Waals surface area contributed by atoms with Crippen molar-refractivity contribution in [1.29, 1.82) is 0 Å².